The first-order valence-electron chi connectivity index (χ1n) is 9.81. The highest BCUT2D eigenvalue weighted by Crippen LogP contribution is 2.55. The Morgan fingerprint density at radius 2 is 1.85 bits per heavy atom. The number of aliphatic hydroxyl groups is 1. The Labute approximate surface area is 159 Å². The number of sulfonamides is 1. The van der Waals surface area contributed by atoms with Gasteiger partial charge in [-0.15, -0.1) is 4.72 Å². The van der Waals surface area contributed by atoms with E-state index in [1.54, 1.807) is 0 Å². The molecule has 0 aromatic heterocycles. The number of aliphatic hydroxyl groups excluding tert-OH is 1. The largest absolute Gasteiger partial charge is 0.598 e. The molecule has 2 unspecified atom stereocenters. The van der Waals surface area contributed by atoms with Gasteiger partial charge in [0, 0.05) is 12.0 Å². The molecule has 2 rings (SSSR count). The number of carbonyl (C=O) groups excluding carboxylic acids is 1. The molecule has 0 aliphatic heterocycles. The van der Waals surface area contributed by atoms with Gasteiger partial charge in [0.25, 0.3) is 0 Å². The summed E-state index contributed by atoms with van der Waals surface area (Å²) in [6.45, 7) is 10.0. The van der Waals surface area contributed by atoms with Crippen LogP contribution in [-0.2, 0) is 19.4 Å². The van der Waals surface area contributed by atoms with E-state index in [2.05, 4.69) is 17.0 Å². The van der Waals surface area contributed by atoms with Crippen molar-refractivity contribution in [1.29, 1.82) is 0 Å². The quantitative estimate of drug-likeness (QED) is 0.628. The van der Waals surface area contributed by atoms with Gasteiger partial charge in [0.05, 0.1) is 12.1 Å². The summed E-state index contributed by atoms with van der Waals surface area (Å²) >= 11 is 0. The van der Waals surface area contributed by atoms with Crippen LogP contribution in [0.15, 0.2) is 0 Å². The van der Waals surface area contributed by atoms with Crippen molar-refractivity contribution in [3.8, 4) is 0 Å². The van der Waals surface area contributed by atoms with E-state index >= 15 is 0 Å². The minimum atomic E-state index is -3.28. The van der Waals surface area contributed by atoms with Gasteiger partial charge in [-0.2, -0.15) is 0 Å². The summed E-state index contributed by atoms with van der Waals surface area (Å²) in [4.78, 5) is 12.5. The third kappa shape index (κ3) is 4.66. The number of carbonyl (C=O) groups is 1. The van der Waals surface area contributed by atoms with Gasteiger partial charge in [0.1, 0.15) is 16.7 Å². The Balaban J connectivity index is 2.19. The Morgan fingerprint density at radius 3 is 2.38 bits per heavy atom. The standard InChI is InChI=1S/C19H36N2O4S/c1-11(2)20-18(23)12(3)14-7-9-19(5)10-8-15(21-26(6,24)25)13(4)16(19)17(14)22/h11-17,22H,7-10H2,1-6H3,(H2-,20,21,23,24,25)/t12?,13-,14+,15+,16-,17+,19+/m1/s1. The highest BCUT2D eigenvalue weighted by atomic mass is 32.3. The Hall–Kier alpha value is -0.500. The molecule has 2 fully saturated rings. The maximum Gasteiger partial charge on any atom is 0.223 e. The number of rotatable bonds is 5. The molecular weight excluding hydrogens is 352 g/mol. The molecule has 2 aliphatic rings. The zero-order valence-electron chi connectivity index (χ0n) is 17.0. The first kappa shape index (κ1) is 21.8. The summed E-state index contributed by atoms with van der Waals surface area (Å²) in [7, 11) is -3.28. The average molecular weight is 389 g/mol. The first-order valence-corrected chi connectivity index (χ1v) is 11.7. The minimum Gasteiger partial charge on any atom is -0.598 e. The van der Waals surface area contributed by atoms with Crippen molar-refractivity contribution in [2.75, 3.05) is 6.26 Å². The van der Waals surface area contributed by atoms with E-state index in [9.17, 15) is 18.7 Å². The van der Waals surface area contributed by atoms with Crippen molar-refractivity contribution in [3.63, 3.8) is 0 Å². The zero-order valence-corrected chi connectivity index (χ0v) is 17.8. The van der Waals surface area contributed by atoms with Gasteiger partial charge < -0.3 is 15.0 Å². The molecule has 0 aromatic carbocycles. The van der Waals surface area contributed by atoms with E-state index < -0.39 is 16.5 Å². The summed E-state index contributed by atoms with van der Waals surface area (Å²) in [5.74, 6) is -0.342. The van der Waals surface area contributed by atoms with E-state index in [0.717, 1.165) is 25.7 Å². The topological polar surface area (TPSA) is 101 Å². The molecule has 7 heteroatoms. The maximum atomic E-state index is 12.5. The first-order chi connectivity index (χ1) is 11.9. The fourth-order valence-electron chi connectivity index (χ4n) is 5.35. The number of hydrogen-bond donors (Lipinski definition) is 3. The van der Waals surface area contributed by atoms with Crippen LogP contribution in [-0.4, -0.2) is 40.0 Å². The third-order valence-corrected chi connectivity index (χ3v) is 7.47. The molecule has 0 spiro atoms. The normalized spacial score (nSPS) is 41.2. The van der Waals surface area contributed by atoms with Crippen LogP contribution in [0.2, 0.25) is 0 Å². The monoisotopic (exact) mass is 388 g/mol. The molecule has 0 bridgehead atoms. The van der Waals surface area contributed by atoms with Crippen LogP contribution in [0, 0.1) is 29.1 Å². The van der Waals surface area contributed by atoms with E-state index in [4.69, 9.17) is 0 Å². The van der Waals surface area contributed by atoms with Gasteiger partial charge in [-0.05, 0) is 62.7 Å². The molecule has 0 radical (unpaired) electrons. The van der Waals surface area contributed by atoms with Gasteiger partial charge in [0.2, 0.25) is 5.91 Å². The minimum absolute atomic E-state index is 0.000733. The second kappa shape index (κ2) is 7.86. The molecule has 3 N–H and O–H groups in total. The van der Waals surface area contributed by atoms with Gasteiger partial charge >= 0.3 is 0 Å². The molecule has 0 heterocycles. The summed E-state index contributed by atoms with van der Waals surface area (Å²) in [6, 6.07) is -0.0795. The van der Waals surface area contributed by atoms with Crippen molar-refractivity contribution < 1.29 is 18.7 Å². The Kier molecular flexibility index (Phi) is 6.59. The summed E-state index contributed by atoms with van der Waals surface area (Å²) < 4.78 is 26.2. The van der Waals surface area contributed by atoms with Crippen LogP contribution in [0.1, 0.15) is 60.3 Å². The lowest BCUT2D eigenvalue weighted by Crippen LogP contribution is -2.59. The molecule has 0 saturated heterocycles. The third-order valence-electron chi connectivity index (χ3n) is 6.74. The van der Waals surface area contributed by atoms with E-state index in [1.807, 2.05) is 27.7 Å². The van der Waals surface area contributed by atoms with Crippen molar-refractivity contribution >= 4 is 16.3 Å². The van der Waals surface area contributed by atoms with Crippen molar-refractivity contribution in [2.45, 2.75) is 78.5 Å². The van der Waals surface area contributed by atoms with Crippen molar-refractivity contribution in [3.05, 3.63) is 0 Å². The van der Waals surface area contributed by atoms with Crippen molar-refractivity contribution in [1.82, 2.24) is 10.0 Å². The number of hydrogen-bond acceptors (Lipinski definition) is 4. The number of amides is 1. The SMILES string of the molecule is CC(C)NC(=O)C(C)[C@@H]1CC[C@@]2(C)CC[C@H](N[S+](C)(=O)[O-])[C@@H](C)[C@@H]2[C@H]1O. The lowest BCUT2D eigenvalue weighted by Gasteiger charge is -2.56. The second-order valence-electron chi connectivity index (χ2n) is 9.22. The van der Waals surface area contributed by atoms with Crippen LogP contribution in [0.25, 0.3) is 0 Å². The second-order valence-corrected chi connectivity index (χ2v) is 11.0. The number of nitrogens with one attached hydrogen (secondary N) is 2. The van der Waals surface area contributed by atoms with Crippen LogP contribution in [0.3, 0.4) is 0 Å². The maximum absolute atomic E-state index is 12.5. The van der Waals surface area contributed by atoms with Crippen LogP contribution < -0.4 is 10.0 Å². The molecule has 8 atom stereocenters. The molecule has 0 aromatic rings. The lowest BCUT2D eigenvalue weighted by atomic mass is 9.52. The summed E-state index contributed by atoms with van der Waals surface area (Å²) in [5, 5.41) is 14.2. The number of fused-ring (bicyclic) bond motifs is 1. The molecule has 152 valence electrons. The van der Waals surface area contributed by atoms with Gasteiger partial charge in [0.15, 0.2) is 0 Å². The van der Waals surface area contributed by atoms with Crippen LogP contribution in [0.4, 0.5) is 0 Å². The van der Waals surface area contributed by atoms with Gasteiger partial charge in [-0.25, -0.2) is 0 Å². The Bertz CT molecular complexity index is 564. The summed E-state index contributed by atoms with van der Waals surface area (Å²) in [5.41, 5.74) is -0.000733. The highest BCUT2D eigenvalue weighted by Gasteiger charge is 2.54. The molecule has 6 nitrogen and oxygen atoms in total. The van der Waals surface area contributed by atoms with Gasteiger partial charge in [-0.1, -0.05) is 25.0 Å². The summed E-state index contributed by atoms with van der Waals surface area (Å²) in [6.07, 6.45) is 4.08. The fourth-order valence-corrected chi connectivity index (χ4v) is 6.23. The van der Waals surface area contributed by atoms with Crippen LogP contribution in [0.5, 0.6) is 0 Å². The highest BCUT2D eigenvalue weighted by molar-refractivity contribution is 7.95. The molecule has 2 saturated carbocycles. The average Bonchev–Trinajstić information content (AvgIpc) is 2.48. The Morgan fingerprint density at radius 1 is 1.27 bits per heavy atom. The molecule has 1 amide bonds. The predicted molar refractivity (Wildman–Crippen MR) is 103 cm³/mol. The zero-order chi connectivity index (χ0) is 19.9. The van der Waals surface area contributed by atoms with E-state index in [1.165, 1.54) is 6.26 Å². The van der Waals surface area contributed by atoms with Crippen molar-refractivity contribution in [2.24, 2.45) is 29.1 Å². The van der Waals surface area contributed by atoms with Crippen LogP contribution >= 0.6 is 0 Å². The molecular formula is C19H36N2O4S. The smallest absolute Gasteiger partial charge is 0.223 e. The van der Waals surface area contributed by atoms with E-state index in [0.29, 0.717) is 0 Å². The molecule has 2 aliphatic carbocycles. The van der Waals surface area contributed by atoms with Gasteiger partial charge in [-0.3, -0.25) is 4.79 Å². The molecule has 26 heavy (non-hydrogen) atoms. The fraction of sp³-hybridized carbons (Fsp3) is 0.947. The lowest BCUT2D eigenvalue weighted by molar-refractivity contribution is -0.142. The predicted octanol–water partition coefficient (Wildman–Crippen LogP) is 2.10. The van der Waals surface area contributed by atoms with E-state index in [-0.39, 0.29) is 47.1 Å².